The molecule has 0 saturated carbocycles. The highest BCUT2D eigenvalue weighted by atomic mass is 32.1. The maximum Gasteiger partial charge on any atom is 0.340 e. The second-order valence-corrected chi connectivity index (χ2v) is 10.3. The van der Waals surface area contributed by atoms with Gasteiger partial charge in [0.1, 0.15) is 11.8 Å². The number of methoxy groups -OCH3 is 2. The Bertz CT molecular complexity index is 1300. The third-order valence-corrected chi connectivity index (χ3v) is 7.67. The van der Waals surface area contributed by atoms with Gasteiger partial charge in [-0.25, -0.2) is 19.7 Å². The van der Waals surface area contributed by atoms with Crippen LogP contribution in [-0.4, -0.2) is 92.6 Å². The molecule has 13 heteroatoms. The molecule has 1 aromatic carbocycles. The number of thiazole rings is 1. The first-order valence-corrected chi connectivity index (χ1v) is 14.0. The molecule has 40 heavy (non-hydrogen) atoms. The molecule has 2 fully saturated rings. The fourth-order valence-electron chi connectivity index (χ4n) is 4.72. The topological polar surface area (TPSA) is 128 Å². The van der Waals surface area contributed by atoms with Crippen molar-refractivity contribution >= 4 is 39.7 Å². The zero-order chi connectivity index (χ0) is 27.9. The summed E-state index contributed by atoms with van der Waals surface area (Å²) in [7, 11) is 2.96. The van der Waals surface area contributed by atoms with Crippen molar-refractivity contribution in [2.75, 3.05) is 68.7 Å². The molecule has 1 amide bonds. The highest BCUT2D eigenvalue weighted by Crippen LogP contribution is 2.28. The molecule has 2 saturated heterocycles. The highest BCUT2D eigenvalue weighted by molar-refractivity contribution is 7.14. The van der Waals surface area contributed by atoms with Crippen molar-refractivity contribution in [1.29, 1.82) is 0 Å². The highest BCUT2D eigenvalue weighted by Gasteiger charge is 2.26. The van der Waals surface area contributed by atoms with Crippen LogP contribution in [0.4, 0.5) is 16.5 Å². The lowest BCUT2D eigenvalue weighted by Crippen LogP contribution is -2.44. The fourth-order valence-corrected chi connectivity index (χ4v) is 5.58. The van der Waals surface area contributed by atoms with Gasteiger partial charge in [0.05, 0.1) is 37.7 Å². The summed E-state index contributed by atoms with van der Waals surface area (Å²) in [5.74, 6) is -0.935. The van der Waals surface area contributed by atoms with Crippen LogP contribution in [0, 0.1) is 0 Å². The van der Waals surface area contributed by atoms with E-state index in [-0.39, 0.29) is 23.5 Å². The van der Waals surface area contributed by atoms with Crippen LogP contribution in [-0.2, 0) is 14.2 Å². The number of hydrogen-bond donors (Lipinski definition) is 1. The lowest BCUT2D eigenvalue weighted by Gasteiger charge is -2.34. The fraction of sp³-hybridized carbons (Fsp3) is 0.444. The number of piperidine rings is 1. The minimum atomic E-state index is -0.538. The van der Waals surface area contributed by atoms with E-state index in [2.05, 4.69) is 30.1 Å². The maximum absolute atomic E-state index is 13.1. The Balaban J connectivity index is 1.22. The van der Waals surface area contributed by atoms with Gasteiger partial charge in [0.15, 0.2) is 5.13 Å². The summed E-state index contributed by atoms with van der Waals surface area (Å²) in [6.07, 6.45) is 4.88. The minimum Gasteiger partial charge on any atom is -0.465 e. The summed E-state index contributed by atoms with van der Waals surface area (Å²) in [6.45, 7) is 3.83. The van der Waals surface area contributed by atoms with Crippen LogP contribution >= 0.6 is 11.3 Å². The van der Waals surface area contributed by atoms with Gasteiger partial charge in [0.25, 0.3) is 5.91 Å². The number of anilines is 3. The zero-order valence-corrected chi connectivity index (χ0v) is 23.3. The molecule has 0 spiro atoms. The average molecular weight is 569 g/mol. The normalized spacial score (nSPS) is 17.9. The molecule has 4 heterocycles. The lowest BCUT2D eigenvalue weighted by molar-refractivity contribution is -0.0100. The number of benzene rings is 1. The molecule has 0 unspecified atom stereocenters. The molecule has 1 atom stereocenters. The molecular weight excluding hydrogens is 536 g/mol. The van der Waals surface area contributed by atoms with Crippen LogP contribution in [0.5, 0.6) is 6.01 Å². The first kappa shape index (κ1) is 27.7. The van der Waals surface area contributed by atoms with Crippen LogP contribution in [0.1, 0.15) is 33.7 Å². The Kier molecular flexibility index (Phi) is 9.04. The number of carbonyl (C=O) groups is 2. The second kappa shape index (κ2) is 13.0. The minimum absolute atomic E-state index is 0.0319. The second-order valence-electron chi connectivity index (χ2n) is 9.42. The van der Waals surface area contributed by atoms with E-state index in [9.17, 15) is 9.59 Å². The summed E-state index contributed by atoms with van der Waals surface area (Å²) in [6, 6.07) is 7.45. The van der Waals surface area contributed by atoms with E-state index < -0.39 is 11.9 Å². The lowest BCUT2D eigenvalue weighted by atomic mass is 10.1. The van der Waals surface area contributed by atoms with Gasteiger partial charge in [-0.05, 0) is 24.3 Å². The van der Waals surface area contributed by atoms with Crippen LogP contribution in [0.2, 0.25) is 0 Å². The van der Waals surface area contributed by atoms with E-state index >= 15 is 0 Å². The molecule has 1 N–H and O–H groups in total. The Labute approximate surface area is 236 Å². The molecular formula is C27H32N6O6S. The van der Waals surface area contributed by atoms with Crippen LogP contribution in [0.15, 0.2) is 42.0 Å². The van der Waals surface area contributed by atoms with Crippen LogP contribution in [0.25, 0.3) is 0 Å². The first-order chi connectivity index (χ1) is 19.5. The number of rotatable bonds is 9. The van der Waals surface area contributed by atoms with E-state index in [1.165, 1.54) is 18.4 Å². The van der Waals surface area contributed by atoms with Crippen molar-refractivity contribution in [1.82, 2.24) is 15.0 Å². The summed E-state index contributed by atoms with van der Waals surface area (Å²) >= 11 is 1.41. The van der Waals surface area contributed by atoms with Crippen LogP contribution < -0.4 is 19.9 Å². The van der Waals surface area contributed by atoms with Gasteiger partial charge < -0.3 is 34.1 Å². The average Bonchev–Trinajstić information content (AvgIpc) is 3.49. The quantitative estimate of drug-likeness (QED) is 0.383. The number of ether oxygens (including phenoxy) is 4. The molecule has 0 radical (unpaired) electrons. The smallest absolute Gasteiger partial charge is 0.340 e. The number of nitrogens with one attached hydrogen (secondary N) is 1. The van der Waals surface area contributed by atoms with Gasteiger partial charge in [-0.2, -0.15) is 0 Å². The Morgan fingerprint density at radius 1 is 1.12 bits per heavy atom. The van der Waals surface area contributed by atoms with Crippen molar-refractivity contribution in [3.63, 3.8) is 0 Å². The Morgan fingerprint density at radius 3 is 2.67 bits per heavy atom. The van der Waals surface area contributed by atoms with Crippen molar-refractivity contribution < 1.29 is 28.5 Å². The predicted octanol–water partition coefficient (Wildman–Crippen LogP) is 2.87. The van der Waals surface area contributed by atoms with Gasteiger partial charge in [0.2, 0.25) is 0 Å². The number of esters is 1. The standard InChI is InChI=1S/C27H32N6O6S/c1-36-16-20-15-33(12-13-38-20)18-4-5-22(21(14-18)25(35)37-2)30-24(34)23-17-40-27(31-23)32-10-6-19(7-11-32)39-26-28-8-3-9-29-26/h3-5,8-9,14,17,19-20H,6-7,10-13,15-16H2,1-2H3,(H,30,34)/t20-/m0/s1. The molecule has 0 aliphatic carbocycles. The predicted molar refractivity (Wildman–Crippen MR) is 150 cm³/mol. The molecule has 0 bridgehead atoms. The molecule has 212 valence electrons. The summed E-state index contributed by atoms with van der Waals surface area (Å²) in [4.78, 5) is 42.8. The number of carbonyl (C=O) groups excluding carboxylic acids is 2. The molecule has 2 aromatic heterocycles. The molecule has 5 rings (SSSR count). The number of amides is 1. The van der Waals surface area contributed by atoms with E-state index in [0.29, 0.717) is 38.0 Å². The van der Waals surface area contributed by atoms with Crippen molar-refractivity contribution in [2.24, 2.45) is 0 Å². The van der Waals surface area contributed by atoms with Crippen LogP contribution in [0.3, 0.4) is 0 Å². The third kappa shape index (κ3) is 6.66. The van der Waals surface area contributed by atoms with Gasteiger partial charge in [-0.15, -0.1) is 11.3 Å². The van der Waals surface area contributed by atoms with E-state index in [1.807, 2.05) is 6.07 Å². The molecule has 3 aromatic rings. The number of nitrogens with zero attached hydrogens (tertiary/aromatic N) is 5. The number of aromatic nitrogens is 3. The Morgan fingerprint density at radius 2 is 1.93 bits per heavy atom. The molecule has 12 nitrogen and oxygen atoms in total. The number of morpholine rings is 1. The van der Waals surface area contributed by atoms with Gasteiger partial charge >= 0.3 is 12.0 Å². The van der Waals surface area contributed by atoms with E-state index in [0.717, 1.165) is 36.8 Å². The molecule has 2 aliphatic rings. The van der Waals surface area contributed by atoms with Gasteiger partial charge in [0, 0.05) is 69.6 Å². The monoisotopic (exact) mass is 568 g/mol. The maximum atomic E-state index is 13.1. The van der Waals surface area contributed by atoms with E-state index in [4.69, 9.17) is 18.9 Å². The molecule has 2 aliphatic heterocycles. The summed E-state index contributed by atoms with van der Waals surface area (Å²) in [5, 5.41) is 5.33. The van der Waals surface area contributed by atoms with Crippen molar-refractivity contribution in [3.05, 3.63) is 53.3 Å². The summed E-state index contributed by atoms with van der Waals surface area (Å²) in [5.41, 5.74) is 1.75. The first-order valence-electron chi connectivity index (χ1n) is 13.1. The van der Waals surface area contributed by atoms with E-state index in [1.54, 1.807) is 43.1 Å². The third-order valence-electron chi connectivity index (χ3n) is 6.76. The largest absolute Gasteiger partial charge is 0.465 e. The Hall–Kier alpha value is -3.81. The summed E-state index contributed by atoms with van der Waals surface area (Å²) < 4.78 is 21.8. The van der Waals surface area contributed by atoms with Crippen molar-refractivity contribution in [3.8, 4) is 6.01 Å². The van der Waals surface area contributed by atoms with Gasteiger partial charge in [-0.1, -0.05) is 0 Å². The van der Waals surface area contributed by atoms with Gasteiger partial charge in [-0.3, -0.25) is 4.79 Å². The number of hydrogen-bond acceptors (Lipinski definition) is 12. The van der Waals surface area contributed by atoms with Crippen molar-refractivity contribution in [2.45, 2.75) is 25.0 Å². The SMILES string of the molecule is COC[C@@H]1CN(c2ccc(NC(=O)c3csc(N4CCC(Oc5ncccn5)CC4)n3)c(C(=O)OC)c2)CCO1. The zero-order valence-electron chi connectivity index (χ0n) is 22.4.